The van der Waals surface area contributed by atoms with E-state index in [1.54, 1.807) is 6.07 Å². The summed E-state index contributed by atoms with van der Waals surface area (Å²) < 4.78 is 6.19. The van der Waals surface area contributed by atoms with Crippen LogP contribution in [-0.4, -0.2) is 72.2 Å². The van der Waals surface area contributed by atoms with Crippen molar-refractivity contribution in [2.75, 3.05) is 56.6 Å². The first kappa shape index (κ1) is 21.9. The molecule has 2 N–H and O–H groups in total. The van der Waals surface area contributed by atoms with Crippen LogP contribution in [0.25, 0.3) is 6.08 Å². The number of rotatable bonds is 5. The average Bonchev–Trinajstić information content (AvgIpc) is 3.42. The van der Waals surface area contributed by atoms with Gasteiger partial charge >= 0.3 is 0 Å². The zero-order valence-electron chi connectivity index (χ0n) is 18.8. The molecule has 1 aromatic carbocycles. The van der Waals surface area contributed by atoms with E-state index >= 15 is 0 Å². The molecule has 172 valence electrons. The van der Waals surface area contributed by atoms with Crippen molar-refractivity contribution in [3.8, 4) is 11.6 Å². The SMILES string of the molecule is CC1=Cc2c(ccc(Oc3cc(NC4=NCC(CO)=C4)nc(N4CCN(C)CC4)n3)c2Cl)C1. The van der Waals surface area contributed by atoms with Crippen molar-refractivity contribution >= 4 is 35.3 Å². The van der Waals surface area contributed by atoms with E-state index in [0.717, 1.165) is 43.7 Å². The van der Waals surface area contributed by atoms with Gasteiger partial charge in [-0.2, -0.15) is 9.97 Å². The number of halogens is 1. The second-order valence-electron chi connectivity index (χ2n) is 8.69. The number of aliphatic hydroxyl groups is 1. The van der Waals surface area contributed by atoms with E-state index in [0.29, 0.717) is 40.8 Å². The van der Waals surface area contributed by atoms with Crippen LogP contribution in [0.15, 0.2) is 40.4 Å². The summed E-state index contributed by atoms with van der Waals surface area (Å²) in [7, 11) is 2.11. The van der Waals surface area contributed by atoms with Crippen LogP contribution < -0.4 is 15.0 Å². The van der Waals surface area contributed by atoms with Crippen LogP contribution in [0.5, 0.6) is 11.6 Å². The van der Waals surface area contributed by atoms with Crippen LogP contribution in [0.1, 0.15) is 18.1 Å². The highest BCUT2D eigenvalue weighted by molar-refractivity contribution is 6.33. The minimum atomic E-state index is -0.00981. The van der Waals surface area contributed by atoms with Crippen molar-refractivity contribution in [1.82, 2.24) is 14.9 Å². The number of nitrogens with one attached hydrogen (secondary N) is 1. The third kappa shape index (κ3) is 4.73. The number of aromatic nitrogens is 2. The number of aliphatic hydroxyl groups excluding tert-OH is 1. The van der Waals surface area contributed by atoms with Gasteiger partial charge in [-0.05, 0) is 43.7 Å². The lowest BCUT2D eigenvalue weighted by molar-refractivity contribution is 0.310. The van der Waals surface area contributed by atoms with E-state index in [1.807, 2.05) is 12.1 Å². The van der Waals surface area contributed by atoms with Crippen LogP contribution in [0, 0.1) is 0 Å². The number of ether oxygens (including phenoxy) is 1. The monoisotopic (exact) mass is 466 g/mol. The third-order valence-electron chi connectivity index (χ3n) is 6.04. The summed E-state index contributed by atoms with van der Waals surface area (Å²) in [6.45, 7) is 6.12. The maximum absolute atomic E-state index is 9.36. The molecule has 9 heteroatoms. The van der Waals surface area contributed by atoms with Gasteiger partial charge in [-0.1, -0.05) is 29.3 Å². The van der Waals surface area contributed by atoms with Crippen LogP contribution in [-0.2, 0) is 6.42 Å². The summed E-state index contributed by atoms with van der Waals surface area (Å²) in [5, 5.41) is 13.2. The summed E-state index contributed by atoms with van der Waals surface area (Å²) in [5.41, 5.74) is 4.36. The van der Waals surface area contributed by atoms with Gasteiger partial charge in [0, 0.05) is 37.8 Å². The molecule has 1 fully saturated rings. The number of allylic oxidation sites excluding steroid dienone is 1. The highest BCUT2D eigenvalue weighted by Crippen LogP contribution is 2.39. The molecule has 8 nitrogen and oxygen atoms in total. The van der Waals surface area contributed by atoms with Crippen molar-refractivity contribution in [2.24, 2.45) is 4.99 Å². The van der Waals surface area contributed by atoms with E-state index in [2.05, 4.69) is 46.2 Å². The number of hydrogen-bond acceptors (Lipinski definition) is 8. The number of aliphatic imine (C=N–C) groups is 1. The Labute approximate surface area is 198 Å². The first-order chi connectivity index (χ1) is 16.0. The normalized spacial score (nSPS) is 18.1. The highest BCUT2D eigenvalue weighted by atomic mass is 35.5. The van der Waals surface area contributed by atoms with E-state index in [9.17, 15) is 5.11 Å². The predicted molar refractivity (Wildman–Crippen MR) is 132 cm³/mol. The Morgan fingerprint density at radius 1 is 1.15 bits per heavy atom. The van der Waals surface area contributed by atoms with Gasteiger partial charge in [-0.15, -0.1) is 0 Å². The minimum absolute atomic E-state index is 0.00981. The number of hydrogen-bond donors (Lipinski definition) is 2. The molecule has 1 aromatic heterocycles. The summed E-state index contributed by atoms with van der Waals surface area (Å²) in [4.78, 5) is 18.3. The molecule has 0 unspecified atom stereocenters. The maximum Gasteiger partial charge on any atom is 0.230 e. The summed E-state index contributed by atoms with van der Waals surface area (Å²) >= 11 is 6.69. The van der Waals surface area contributed by atoms with Gasteiger partial charge in [-0.25, -0.2) is 0 Å². The first-order valence-corrected chi connectivity index (χ1v) is 11.5. The fourth-order valence-electron chi connectivity index (χ4n) is 4.16. The number of likely N-dealkylation sites (N-methyl/N-ethyl adjacent to an activating group) is 1. The lowest BCUT2D eigenvalue weighted by Crippen LogP contribution is -2.45. The molecule has 0 spiro atoms. The van der Waals surface area contributed by atoms with Gasteiger partial charge in [0.1, 0.15) is 17.4 Å². The zero-order chi connectivity index (χ0) is 22.9. The Balaban J connectivity index is 1.45. The van der Waals surface area contributed by atoms with Gasteiger partial charge in [0.2, 0.25) is 11.8 Å². The van der Waals surface area contributed by atoms with Crippen LogP contribution in [0.2, 0.25) is 5.02 Å². The van der Waals surface area contributed by atoms with Gasteiger partial charge in [0.15, 0.2) is 0 Å². The molecule has 5 rings (SSSR count). The van der Waals surface area contributed by atoms with Gasteiger partial charge < -0.3 is 25.0 Å². The number of benzene rings is 1. The Morgan fingerprint density at radius 2 is 1.97 bits per heavy atom. The fraction of sp³-hybridized carbons (Fsp3) is 0.375. The quantitative estimate of drug-likeness (QED) is 0.698. The Kier molecular flexibility index (Phi) is 6.05. The molecule has 3 heterocycles. The van der Waals surface area contributed by atoms with E-state index in [-0.39, 0.29) is 6.61 Å². The summed E-state index contributed by atoms with van der Waals surface area (Å²) in [6.07, 6.45) is 4.86. The lowest BCUT2D eigenvalue weighted by Gasteiger charge is -2.32. The number of anilines is 2. The van der Waals surface area contributed by atoms with Crippen molar-refractivity contribution < 1.29 is 9.84 Å². The molecule has 0 radical (unpaired) electrons. The fourth-order valence-corrected chi connectivity index (χ4v) is 4.44. The van der Waals surface area contributed by atoms with E-state index < -0.39 is 0 Å². The smallest absolute Gasteiger partial charge is 0.230 e. The predicted octanol–water partition coefficient (Wildman–Crippen LogP) is 3.38. The van der Waals surface area contributed by atoms with Crippen molar-refractivity contribution in [3.63, 3.8) is 0 Å². The number of nitrogens with zero attached hydrogens (tertiary/aromatic N) is 5. The Bertz CT molecular complexity index is 1170. The highest BCUT2D eigenvalue weighted by Gasteiger charge is 2.21. The molecule has 1 saturated heterocycles. The molecule has 3 aliphatic rings. The van der Waals surface area contributed by atoms with E-state index in [4.69, 9.17) is 26.3 Å². The van der Waals surface area contributed by atoms with Crippen LogP contribution >= 0.6 is 11.6 Å². The van der Waals surface area contributed by atoms with Crippen molar-refractivity contribution in [1.29, 1.82) is 0 Å². The zero-order valence-corrected chi connectivity index (χ0v) is 19.6. The Hall–Kier alpha value is -2.94. The van der Waals surface area contributed by atoms with Gasteiger partial charge in [0.25, 0.3) is 0 Å². The molecular weight excluding hydrogens is 440 g/mol. The molecule has 2 aromatic rings. The summed E-state index contributed by atoms with van der Waals surface area (Å²) in [6, 6.07) is 5.70. The van der Waals surface area contributed by atoms with Crippen molar-refractivity contribution in [2.45, 2.75) is 13.3 Å². The lowest BCUT2D eigenvalue weighted by atomic mass is 10.1. The Morgan fingerprint density at radius 3 is 2.73 bits per heavy atom. The molecule has 0 atom stereocenters. The second kappa shape index (κ2) is 9.13. The largest absolute Gasteiger partial charge is 0.437 e. The maximum atomic E-state index is 9.36. The number of piperazine rings is 1. The second-order valence-corrected chi connectivity index (χ2v) is 9.07. The molecule has 1 aliphatic carbocycles. The number of amidine groups is 1. The van der Waals surface area contributed by atoms with Gasteiger partial charge in [0.05, 0.1) is 18.2 Å². The standard InChI is InChI=1S/C24H27ClN6O2/c1-15-9-17-3-4-19(23(25)18(17)10-15)33-22-12-21(27-20-11-16(14-32)13-26-20)28-24(29-22)31-7-5-30(2)6-8-31/h3-4,10-12,32H,5-9,13-14H2,1-2H3,(H,26,27,28,29). The molecule has 0 amide bonds. The molecule has 33 heavy (non-hydrogen) atoms. The average molecular weight is 467 g/mol. The van der Waals surface area contributed by atoms with Gasteiger partial charge in [-0.3, -0.25) is 4.99 Å². The molecule has 0 bridgehead atoms. The van der Waals surface area contributed by atoms with E-state index in [1.165, 1.54) is 11.1 Å². The summed E-state index contributed by atoms with van der Waals surface area (Å²) in [5.74, 6) is 2.81. The first-order valence-electron chi connectivity index (χ1n) is 11.1. The van der Waals surface area contributed by atoms with Crippen LogP contribution in [0.3, 0.4) is 0 Å². The third-order valence-corrected chi connectivity index (χ3v) is 6.43. The minimum Gasteiger partial charge on any atom is -0.437 e. The van der Waals surface area contributed by atoms with Crippen molar-refractivity contribution in [3.05, 3.63) is 51.6 Å². The topological polar surface area (TPSA) is 86.1 Å². The molecular formula is C24H27ClN6O2. The number of fused-ring (bicyclic) bond motifs is 1. The molecule has 0 saturated carbocycles. The van der Waals surface area contributed by atoms with Crippen LogP contribution in [0.4, 0.5) is 11.8 Å². The molecule has 2 aliphatic heterocycles.